The minimum atomic E-state index is -3.34. The number of aromatic nitrogens is 3. The standard InChI is InChI=1S/C19H28N6O3S/c1-3-20-19(21-11-12-29(26,27)16-7-5-4-6-8-16)22-15-9-10-18-23-17(14-28-2)24-25(18)13-15/h4-8,15H,3,9-14H2,1-2H3,(H2,20,21,22). The Kier molecular flexibility index (Phi) is 7.21. The third-order valence-corrected chi connectivity index (χ3v) is 6.30. The summed E-state index contributed by atoms with van der Waals surface area (Å²) in [5.41, 5.74) is 0. The molecule has 1 aromatic heterocycles. The van der Waals surface area contributed by atoms with Crippen molar-refractivity contribution in [1.82, 2.24) is 25.4 Å². The maximum absolute atomic E-state index is 12.4. The first-order valence-corrected chi connectivity index (χ1v) is 11.4. The van der Waals surface area contributed by atoms with E-state index in [1.54, 1.807) is 37.4 Å². The third-order valence-electron chi connectivity index (χ3n) is 4.59. The van der Waals surface area contributed by atoms with Crippen LogP contribution in [0.1, 0.15) is 25.0 Å². The lowest BCUT2D eigenvalue weighted by Crippen LogP contribution is -2.47. The number of fused-ring (bicyclic) bond motifs is 1. The van der Waals surface area contributed by atoms with Crippen molar-refractivity contribution in [3.05, 3.63) is 42.0 Å². The summed E-state index contributed by atoms with van der Waals surface area (Å²) in [5, 5.41) is 11.0. The van der Waals surface area contributed by atoms with Gasteiger partial charge in [0.25, 0.3) is 0 Å². The van der Waals surface area contributed by atoms with Crippen LogP contribution in [0, 0.1) is 0 Å². The van der Waals surface area contributed by atoms with Crippen LogP contribution in [0.25, 0.3) is 0 Å². The maximum atomic E-state index is 12.4. The molecule has 1 aromatic carbocycles. The predicted molar refractivity (Wildman–Crippen MR) is 110 cm³/mol. The highest BCUT2D eigenvalue weighted by Crippen LogP contribution is 2.14. The normalized spacial score (nSPS) is 17.0. The summed E-state index contributed by atoms with van der Waals surface area (Å²) in [4.78, 5) is 9.27. The molecule has 158 valence electrons. The van der Waals surface area contributed by atoms with Crippen LogP contribution in [-0.2, 0) is 34.1 Å². The van der Waals surface area contributed by atoms with Crippen LogP contribution in [-0.4, -0.2) is 61.1 Å². The molecule has 1 unspecified atom stereocenters. The fourth-order valence-electron chi connectivity index (χ4n) is 3.21. The molecule has 0 aliphatic carbocycles. The van der Waals surface area contributed by atoms with Crippen molar-refractivity contribution in [1.29, 1.82) is 0 Å². The quantitative estimate of drug-likeness (QED) is 0.479. The highest BCUT2D eigenvalue weighted by atomic mass is 32.2. The summed E-state index contributed by atoms with van der Waals surface area (Å²) < 4.78 is 31.8. The van der Waals surface area contributed by atoms with Gasteiger partial charge in [0.1, 0.15) is 12.4 Å². The molecule has 0 amide bonds. The second kappa shape index (κ2) is 9.84. The Bertz CT molecular complexity index is 927. The number of guanidine groups is 1. The number of sulfone groups is 1. The van der Waals surface area contributed by atoms with Crippen LogP contribution >= 0.6 is 0 Å². The zero-order valence-corrected chi connectivity index (χ0v) is 17.7. The van der Waals surface area contributed by atoms with Crippen molar-refractivity contribution in [2.24, 2.45) is 4.99 Å². The average molecular weight is 421 g/mol. The van der Waals surface area contributed by atoms with Crippen molar-refractivity contribution >= 4 is 15.8 Å². The molecular formula is C19H28N6O3S. The molecule has 0 saturated heterocycles. The molecule has 0 saturated carbocycles. The zero-order chi connectivity index (χ0) is 20.7. The van der Waals surface area contributed by atoms with Gasteiger partial charge in [-0.2, -0.15) is 5.10 Å². The van der Waals surface area contributed by atoms with Gasteiger partial charge in [0, 0.05) is 26.1 Å². The van der Waals surface area contributed by atoms with Crippen molar-refractivity contribution in [2.45, 2.75) is 43.9 Å². The Morgan fingerprint density at radius 1 is 1.34 bits per heavy atom. The first kappa shape index (κ1) is 21.3. The van der Waals surface area contributed by atoms with Gasteiger partial charge in [0.2, 0.25) is 0 Å². The molecule has 9 nitrogen and oxygen atoms in total. The minimum Gasteiger partial charge on any atom is -0.377 e. The Morgan fingerprint density at radius 3 is 2.86 bits per heavy atom. The number of hydrogen-bond donors (Lipinski definition) is 2. The highest BCUT2D eigenvalue weighted by molar-refractivity contribution is 7.91. The summed E-state index contributed by atoms with van der Waals surface area (Å²) in [5.74, 6) is 2.23. The lowest BCUT2D eigenvalue weighted by atomic mass is 10.1. The molecule has 2 heterocycles. The highest BCUT2D eigenvalue weighted by Gasteiger charge is 2.22. The van der Waals surface area contributed by atoms with E-state index in [1.807, 2.05) is 11.6 Å². The number of rotatable bonds is 8. The molecule has 0 fully saturated rings. The van der Waals surface area contributed by atoms with Crippen LogP contribution in [0.3, 0.4) is 0 Å². The second-order valence-corrected chi connectivity index (χ2v) is 8.94. The summed E-state index contributed by atoms with van der Waals surface area (Å²) in [7, 11) is -1.72. The lowest BCUT2D eigenvalue weighted by Gasteiger charge is -2.25. The molecular weight excluding hydrogens is 392 g/mol. The molecule has 0 bridgehead atoms. The number of nitrogens with one attached hydrogen (secondary N) is 2. The third kappa shape index (κ3) is 5.77. The topological polar surface area (TPSA) is 110 Å². The molecule has 0 spiro atoms. The van der Waals surface area contributed by atoms with Crippen LogP contribution in [0.5, 0.6) is 0 Å². The van der Waals surface area contributed by atoms with Gasteiger partial charge in [-0.1, -0.05) is 18.2 Å². The first-order chi connectivity index (χ1) is 14.0. The zero-order valence-electron chi connectivity index (χ0n) is 16.8. The van der Waals surface area contributed by atoms with E-state index in [9.17, 15) is 8.42 Å². The fourth-order valence-corrected chi connectivity index (χ4v) is 4.34. The smallest absolute Gasteiger partial charge is 0.191 e. The molecule has 2 N–H and O–H groups in total. The van der Waals surface area contributed by atoms with Crippen molar-refractivity contribution in [3.8, 4) is 0 Å². The maximum Gasteiger partial charge on any atom is 0.191 e. The summed E-state index contributed by atoms with van der Waals surface area (Å²) >= 11 is 0. The molecule has 2 aromatic rings. The monoisotopic (exact) mass is 420 g/mol. The van der Waals surface area contributed by atoms with E-state index in [0.29, 0.717) is 36.4 Å². The van der Waals surface area contributed by atoms with Crippen LogP contribution < -0.4 is 10.6 Å². The van der Waals surface area contributed by atoms with Crippen LogP contribution in [0.15, 0.2) is 40.2 Å². The van der Waals surface area contributed by atoms with E-state index in [1.165, 1.54) is 0 Å². The number of nitrogens with zero attached hydrogens (tertiary/aromatic N) is 4. The number of benzene rings is 1. The molecule has 1 aliphatic heterocycles. The van der Waals surface area contributed by atoms with E-state index < -0.39 is 9.84 Å². The van der Waals surface area contributed by atoms with Gasteiger partial charge in [-0.25, -0.2) is 18.1 Å². The van der Waals surface area contributed by atoms with Gasteiger partial charge in [-0.15, -0.1) is 0 Å². The lowest BCUT2D eigenvalue weighted by molar-refractivity contribution is 0.177. The Labute approximate surface area is 171 Å². The van der Waals surface area contributed by atoms with E-state index >= 15 is 0 Å². The number of aliphatic imine (C=N–C) groups is 1. The van der Waals surface area contributed by atoms with E-state index in [2.05, 4.69) is 25.7 Å². The van der Waals surface area contributed by atoms with Gasteiger partial charge in [-0.3, -0.25) is 4.99 Å². The van der Waals surface area contributed by atoms with Crippen molar-refractivity contribution in [2.75, 3.05) is 26.0 Å². The molecule has 0 radical (unpaired) electrons. The van der Waals surface area contributed by atoms with E-state index in [0.717, 1.165) is 18.7 Å². The summed E-state index contributed by atoms with van der Waals surface area (Å²) in [6.07, 6.45) is 1.72. The second-order valence-electron chi connectivity index (χ2n) is 6.83. The minimum absolute atomic E-state index is 0.0359. The van der Waals surface area contributed by atoms with Gasteiger partial charge in [0.15, 0.2) is 21.6 Å². The Balaban J connectivity index is 1.59. The molecule has 10 heteroatoms. The van der Waals surface area contributed by atoms with Crippen LogP contribution in [0.2, 0.25) is 0 Å². The molecule has 3 rings (SSSR count). The average Bonchev–Trinajstić information content (AvgIpc) is 3.10. The first-order valence-electron chi connectivity index (χ1n) is 9.76. The Hall–Kier alpha value is -2.46. The van der Waals surface area contributed by atoms with Gasteiger partial charge < -0.3 is 15.4 Å². The molecule has 1 atom stereocenters. The number of ether oxygens (including phenoxy) is 1. The molecule has 29 heavy (non-hydrogen) atoms. The van der Waals surface area contributed by atoms with Crippen molar-refractivity contribution in [3.63, 3.8) is 0 Å². The van der Waals surface area contributed by atoms with Crippen LogP contribution in [0.4, 0.5) is 0 Å². The summed E-state index contributed by atoms with van der Waals surface area (Å²) in [6, 6.07) is 8.61. The van der Waals surface area contributed by atoms with Gasteiger partial charge in [0.05, 0.1) is 23.7 Å². The largest absolute Gasteiger partial charge is 0.377 e. The van der Waals surface area contributed by atoms with Gasteiger partial charge >= 0.3 is 0 Å². The number of hydrogen-bond acceptors (Lipinski definition) is 6. The SMILES string of the molecule is CCNC(=NCCS(=O)(=O)c1ccccc1)NC1CCc2nc(COC)nn2C1. The molecule has 1 aliphatic rings. The number of aryl methyl sites for hydroxylation is 1. The van der Waals surface area contributed by atoms with Gasteiger partial charge in [-0.05, 0) is 25.5 Å². The predicted octanol–water partition coefficient (Wildman–Crippen LogP) is 0.768. The number of methoxy groups -OCH3 is 1. The summed E-state index contributed by atoms with van der Waals surface area (Å²) in [6.45, 7) is 3.94. The Morgan fingerprint density at radius 2 is 2.14 bits per heavy atom. The van der Waals surface area contributed by atoms with Crippen molar-refractivity contribution < 1.29 is 13.2 Å². The van der Waals surface area contributed by atoms with E-state index in [-0.39, 0.29) is 18.3 Å². The van der Waals surface area contributed by atoms with E-state index in [4.69, 9.17) is 4.74 Å². The fraction of sp³-hybridized carbons (Fsp3) is 0.526.